The maximum Gasteiger partial charge on any atom is 0.264 e. The molecule has 1 aliphatic carbocycles. The number of nitrogens with one attached hydrogen (secondary N) is 1. The van der Waals surface area contributed by atoms with E-state index in [1.54, 1.807) is 37.3 Å². The van der Waals surface area contributed by atoms with Crippen molar-refractivity contribution in [3.63, 3.8) is 0 Å². The zero-order valence-corrected chi connectivity index (χ0v) is 24.5. The van der Waals surface area contributed by atoms with E-state index in [1.165, 1.54) is 54.5 Å². The Labute approximate surface area is 245 Å². The maximum atomic E-state index is 14.7. The maximum absolute atomic E-state index is 14.7. The fourth-order valence-electron chi connectivity index (χ4n) is 4.88. The number of hydrogen-bond acceptors (Lipinski definition) is 5. The van der Waals surface area contributed by atoms with Crippen molar-refractivity contribution < 1.29 is 27.1 Å². The third-order valence-electron chi connectivity index (χ3n) is 7.19. The lowest BCUT2D eigenvalue weighted by Crippen LogP contribution is -2.52. The number of ether oxygens (including phenoxy) is 1. The molecule has 41 heavy (non-hydrogen) atoms. The van der Waals surface area contributed by atoms with E-state index in [1.807, 2.05) is 0 Å². The molecule has 218 valence electrons. The van der Waals surface area contributed by atoms with Gasteiger partial charge in [-0.2, -0.15) is 0 Å². The molecule has 0 bridgehead atoms. The first kappa shape index (κ1) is 30.3. The molecule has 1 aliphatic rings. The lowest BCUT2D eigenvalue weighted by atomic mass is 10.1. The van der Waals surface area contributed by atoms with Gasteiger partial charge in [-0.25, -0.2) is 12.8 Å². The molecule has 11 heteroatoms. The van der Waals surface area contributed by atoms with E-state index in [0.717, 1.165) is 30.0 Å². The summed E-state index contributed by atoms with van der Waals surface area (Å²) in [7, 11) is -2.93. The number of carbonyl (C=O) groups is 2. The highest BCUT2D eigenvalue weighted by molar-refractivity contribution is 7.92. The summed E-state index contributed by atoms with van der Waals surface area (Å²) in [4.78, 5) is 28.5. The van der Waals surface area contributed by atoms with E-state index < -0.39 is 34.3 Å². The number of methoxy groups -OCH3 is 1. The zero-order valence-electron chi connectivity index (χ0n) is 22.9. The number of halogens is 2. The molecule has 1 N–H and O–H groups in total. The van der Waals surface area contributed by atoms with E-state index in [4.69, 9.17) is 16.3 Å². The predicted octanol–water partition coefficient (Wildman–Crippen LogP) is 5.16. The highest BCUT2D eigenvalue weighted by Gasteiger charge is 2.34. The summed E-state index contributed by atoms with van der Waals surface area (Å²) in [6, 6.07) is 17.0. The summed E-state index contributed by atoms with van der Waals surface area (Å²) >= 11 is 6.24. The van der Waals surface area contributed by atoms with Crippen molar-refractivity contribution in [1.29, 1.82) is 0 Å². The van der Waals surface area contributed by atoms with Crippen molar-refractivity contribution in [3.05, 3.63) is 89.2 Å². The zero-order chi connectivity index (χ0) is 29.6. The minimum absolute atomic E-state index is 0.000965. The van der Waals surface area contributed by atoms with Gasteiger partial charge in [0.05, 0.1) is 17.7 Å². The van der Waals surface area contributed by atoms with Crippen LogP contribution in [-0.4, -0.2) is 50.9 Å². The van der Waals surface area contributed by atoms with Gasteiger partial charge in [0, 0.05) is 23.2 Å². The standard InChI is InChI=1S/C30H33ClFN3O5S/c1-21(30(37)33-24-11-7-8-12-24)34(19-22-10-6-9-15-26(22)32)29(36)20-35(27-18-23(31)16-17-28(27)40-2)41(38,39)25-13-4-3-5-14-25/h3-6,9-10,13-18,21,24H,7-8,11-12,19-20H2,1-2H3,(H,33,37). The second kappa shape index (κ2) is 13.4. The highest BCUT2D eigenvalue weighted by Crippen LogP contribution is 2.35. The molecule has 1 atom stereocenters. The quantitative estimate of drug-likeness (QED) is 0.328. The number of nitrogens with zero attached hydrogens (tertiary/aromatic N) is 2. The number of hydrogen-bond donors (Lipinski definition) is 1. The molecule has 4 rings (SSSR count). The number of carbonyl (C=O) groups excluding carboxylic acids is 2. The van der Waals surface area contributed by atoms with Crippen LogP contribution in [0.3, 0.4) is 0 Å². The lowest BCUT2D eigenvalue weighted by Gasteiger charge is -2.33. The van der Waals surface area contributed by atoms with Gasteiger partial charge in [0.25, 0.3) is 10.0 Å². The van der Waals surface area contributed by atoms with Crippen LogP contribution in [0.25, 0.3) is 0 Å². The van der Waals surface area contributed by atoms with Gasteiger partial charge < -0.3 is 15.0 Å². The molecule has 8 nitrogen and oxygen atoms in total. The molecular formula is C30H33ClFN3O5S. The van der Waals surface area contributed by atoms with Crippen molar-refractivity contribution in [2.75, 3.05) is 18.0 Å². The smallest absolute Gasteiger partial charge is 0.264 e. The van der Waals surface area contributed by atoms with Crippen LogP contribution < -0.4 is 14.4 Å². The molecule has 3 aromatic carbocycles. The second-order valence-electron chi connectivity index (χ2n) is 9.92. The molecule has 1 unspecified atom stereocenters. The number of benzene rings is 3. The minimum atomic E-state index is -4.31. The molecule has 1 fully saturated rings. The van der Waals surface area contributed by atoms with Gasteiger partial charge in [0.15, 0.2) is 0 Å². The van der Waals surface area contributed by atoms with Gasteiger partial charge in [-0.3, -0.25) is 13.9 Å². The molecule has 0 spiro atoms. The Bertz CT molecular complexity index is 1480. The SMILES string of the molecule is COc1ccc(Cl)cc1N(CC(=O)N(Cc1ccccc1F)C(C)C(=O)NC1CCCC1)S(=O)(=O)c1ccccc1. The van der Waals surface area contributed by atoms with Crippen molar-refractivity contribution >= 4 is 39.1 Å². The van der Waals surface area contributed by atoms with E-state index in [-0.39, 0.29) is 45.4 Å². The van der Waals surface area contributed by atoms with E-state index in [0.29, 0.717) is 0 Å². The van der Waals surface area contributed by atoms with Gasteiger partial charge in [-0.15, -0.1) is 0 Å². The fourth-order valence-corrected chi connectivity index (χ4v) is 6.48. The summed E-state index contributed by atoms with van der Waals surface area (Å²) in [6.45, 7) is 0.624. The van der Waals surface area contributed by atoms with Crippen LogP contribution in [0.4, 0.5) is 10.1 Å². The van der Waals surface area contributed by atoms with E-state index in [2.05, 4.69) is 5.32 Å². The summed E-state index contributed by atoms with van der Waals surface area (Å²) < 4.78 is 48.9. The topological polar surface area (TPSA) is 96.0 Å². The van der Waals surface area contributed by atoms with Gasteiger partial charge in [-0.05, 0) is 56.2 Å². The average Bonchev–Trinajstić information content (AvgIpc) is 3.48. The van der Waals surface area contributed by atoms with Crippen molar-refractivity contribution in [3.8, 4) is 5.75 Å². The average molecular weight is 602 g/mol. The minimum Gasteiger partial charge on any atom is -0.495 e. The molecule has 0 radical (unpaired) electrons. The van der Waals surface area contributed by atoms with Crippen LogP contribution >= 0.6 is 11.6 Å². The molecule has 0 heterocycles. The van der Waals surface area contributed by atoms with Gasteiger partial charge in [-0.1, -0.05) is 60.8 Å². The Kier molecular flexibility index (Phi) is 9.88. The molecule has 2 amide bonds. The Hall–Kier alpha value is -3.63. The first-order valence-corrected chi connectivity index (χ1v) is 15.2. The van der Waals surface area contributed by atoms with Crippen LogP contribution in [0.2, 0.25) is 5.02 Å². The van der Waals surface area contributed by atoms with Crippen molar-refractivity contribution in [2.24, 2.45) is 0 Å². The Morgan fingerprint density at radius 1 is 1.05 bits per heavy atom. The largest absolute Gasteiger partial charge is 0.495 e. The van der Waals surface area contributed by atoms with Crippen LogP contribution in [0, 0.1) is 5.82 Å². The molecular weight excluding hydrogens is 569 g/mol. The molecule has 0 aliphatic heterocycles. The third kappa shape index (κ3) is 7.18. The number of rotatable bonds is 11. The van der Waals surface area contributed by atoms with E-state index in [9.17, 15) is 22.4 Å². The van der Waals surface area contributed by atoms with Crippen molar-refractivity contribution in [1.82, 2.24) is 10.2 Å². The summed E-state index contributed by atoms with van der Waals surface area (Å²) in [5.74, 6) is -1.46. The highest BCUT2D eigenvalue weighted by atomic mass is 35.5. The monoisotopic (exact) mass is 601 g/mol. The van der Waals surface area contributed by atoms with Crippen LogP contribution in [0.5, 0.6) is 5.75 Å². The van der Waals surface area contributed by atoms with Crippen LogP contribution in [0.1, 0.15) is 38.2 Å². The Balaban J connectivity index is 1.74. The fraction of sp³-hybridized carbons (Fsp3) is 0.333. The van der Waals surface area contributed by atoms with Crippen LogP contribution in [0.15, 0.2) is 77.7 Å². The lowest BCUT2D eigenvalue weighted by molar-refractivity contribution is -0.139. The second-order valence-corrected chi connectivity index (χ2v) is 12.2. The molecule has 0 aromatic heterocycles. The summed E-state index contributed by atoms with van der Waals surface area (Å²) in [5.41, 5.74) is 0.241. The Morgan fingerprint density at radius 2 is 1.71 bits per heavy atom. The number of amides is 2. The first-order chi connectivity index (χ1) is 19.6. The van der Waals surface area contributed by atoms with Gasteiger partial charge in [0.1, 0.15) is 24.2 Å². The number of anilines is 1. The van der Waals surface area contributed by atoms with Gasteiger partial charge >= 0.3 is 0 Å². The summed E-state index contributed by atoms with van der Waals surface area (Å²) in [6.07, 6.45) is 3.70. The van der Waals surface area contributed by atoms with Crippen molar-refractivity contribution in [2.45, 2.75) is 56.1 Å². The van der Waals surface area contributed by atoms with Crippen LogP contribution in [-0.2, 0) is 26.2 Å². The Morgan fingerprint density at radius 3 is 2.37 bits per heavy atom. The van der Waals surface area contributed by atoms with E-state index >= 15 is 0 Å². The third-order valence-corrected chi connectivity index (χ3v) is 9.20. The predicted molar refractivity (Wildman–Crippen MR) is 156 cm³/mol. The molecule has 3 aromatic rings. The molecule has 0 saturated heterocycles. The molecule has 1 saturated carbocycles. The first-order valence-electron chi connectivity index (χ1n) is 13.4. The summed E-state index contributed by atoms with van der Waals surface area (Å²) in [5, 5.41) is 3.22. The van der Waals surface area contributed by atoms with Gasteiger partial charge in [0.2, 0.25) is 11.8 Å². The number of sulfonamides is 1. The normalized spacial score (nSPS) is 14.3.